The van der Waals surface area contributed by atoms with Gasteiger partial charge < -0.3 is 15.4 Å². The molecule has 0 aliphatic heterocycles. The molecular weight excluding hydrogens is 336 g/mol. The SMILES string of the molecule is Cc1ccc(NC(=O)C(NC(=O)OC(C)(C)C)c2ccsc2)cc1C. The maximum absolute atomic E-state index is 12.7. The number of anilines is 1. The Morgan fingerprint density at radius 1 is 1.12 bits per heavy atom. The fraction of sp³-hybridized carbons (Fsp3) is 0.368. The van der Waals surface area contributed by atoms with Crippen molar-refractivity contribution in [2.75, 3.05) is 5.32 Å². The van der Waals surface area contributed by atoms with Crippen LogP contribution < -0.4 is 10.6 Å². The second-order valence-electron chi connectivity index (χ2n) is 6.92. The lowest BCUT2D eigenvalue weighted by molar-refractivity contribution is -0.118. The number of aryl methyl sites for hydroxylation is 2. The zero-order chi connectivity index (χ0) is 18.6. The summed E-state index contributed by atoms with van der Waals surface area (Å²) in [5.41, 5.74) is 3.02. The van der Waals surface area contributed by atoms with Crippen LogP contribution in [0.25, 0.3) is 0 Å². The Balaban J connectivity index is 2.16. The van der Waals surface area contributed by atoms with Gasteiger partial charge >= 0.3 is 6.09 Å². The molecule has 0 bridgehead atoms. The third kappa shape index (κ3) is 5.60. The van der Waals surface area contributed by atoms with Crippen LogP contribution >= 0.6 is 11.3 Å². The second kappa shape index (κ2) is 7.70. The van der Waals surface area contributed by atoms with E-state index in [0.29, 0.717) is 5.69 Å². The highest BCUT2D eigenvalue weighted by molar-refractivity contribution is 7.08. The van der Waals surface area contributed by atoms with Crippen LogP contribution in [0.1, 0.15) is 43.5 Å². The van der Waals surface area contributed by atoms with E-state index >= 15 is 0 Å². The van der Waals surface area contributed by atoms with Gasteiger partial charge in [0.25, 0.3) is 5.91 Å². The minimum atomic E-state index is -0.817. The Morgan fingerprint density at radius 3 is 2.40 bits per heavy atom. The number of benzene rings is 1. The number of hydrogen-bond acceptors (Lipinski definition) is 4. The van der Waals surface area contributed by atoms with Gasteiger partial charge in [-0.05, 0) is 80.3 Å². The van der Waals surface area contributed by atoms with E-state index in [9.17, 15) is 9.59 Å². The summed E-state index contributed by atoms with van der Waals surface area (Å²) >= 11 is 1.46. The fourth-order valence-corrected chi connectivity index (χ4v) is 2.88. The summed E-state index contributed by atoms with van der Waals surface area (Å²) in [6, 6.07) is 6.70. The van der Waals surface area contributed by atoms with Crippen molar-refractivity contribution in [3.05, 3.63) is 51.7 Å². The summed E-state index contributed by atoms with van der Waals surface area (Å²) in [7, 11) is 0. The molecule has 0 fully saturated rings. The molecule has 134 valence electrons. The normalized spacial score (nSPS) is 12.4. The first-order valence-corrected chi connectivity index (χ1v) is 9.00. The summed E-state index contributed by atoms with van der Waals surface area (Å²) in [6.07, 6.45) is -0.626. The van der Waals surface area contributed by atoms with Gasteiger partial charge in [-0.2, -0.15) is 11.3 Å². The number of nitrogens with one attached hydrogen (secondary N) is 2. The molecule has 0 spiro atoms. The fourth-order valence-electron chi connectivity index (χ4n) is 2.20. The first-order valence-electron chi connectivity index (χ1n) is 8.05. The molecule has 2 rings (SSSR count). The summed E-state index contributed by atoms with van der Waals surface area (Å²) in [4.78, 5) is 24.8. The van der Waals surface area contributed by atoms with E-state index in [1.165, 1.54) is 11.3 Å². The van der Waals surface area contributed by atoms with Crippen LogP contribution in [0.15, 0.2) is 35.0 Å². The smallest absolute Gasteiger partial charge is 0.408 e. The van der Waals surface area contributed by atoms with Crippen molar-refractivity contribution in [2.45, 2.75) is 46.3 Å². The van der Waals surface area contributed by atoms with Gasteiger partial charge in [0.15, 0.2) is 0 Å². The van der Waals surface area contributed by atoms with E-state index in [2.05, 4.69) is 10.6 Å². The molecule has 1 unspecified atom stereocenters. The number of thiophene rings is 1. The number of ether oxygens (including phenoxy) is 1. The van der Waals surface area contributed by atoms with Gasteiger partial charge in [-0.15, -0.1) is 0 Å². The summed E-state index contributed by atoms with van der Waals surface area (Å²) < 4.78 is 5.27. The maximum atomic E-state index is 12.7. The average molecular weight is 360 g/mol. The second-order valence-corrected chi connectivity index (χ2v) is 7.70. The molecule has 5 nitrogen and oxygen atoms in total. The predicted octanol–water partition coefficient (Wildman–Crippen LogP) is 4.57. The number of rotatable bonds is 4. The quantitative estimate of drug-likeness (QED) is 0.839. The van der Waals surface area contributed by atoms with E-state index in [4.69, 9.17) is 4.74 Å². The minimum absolute atomic E-state index is 0.312. The Bertz CT molecular complexity index is 749. The summed E-state index contributed by atoms with van der Waals surface area (Å²) in [5, 5.41) is 9.22. The van der Waals surface area contributed by atoms with Crippen LogP contribution in [0.4, 0.5) is 10.5 Å². The van der Waals surface area contributed by atoms with Gasteiger partial charge in [0.05, 0.1) is 0 Å². The molecule has 0 saturated heterocycles. The molecule has 6 heteroatoms. The molecule has 2 N–H and O–H groups in total. The van der Waals surface area contributed by atoms with Gasteiger partial charge in [0.2, 0.25) is 0 Å². The third-order valence-corrected chi connectivity index (χ3v) is 4.28. The van der Waals surface area contributed by atoms with Crippen LogP contribution in [-0.4, -0.2) is 17.6 Å². The van der Waals surface area contributed by atoms with Crippen molar-refractivity contribution in [3.8, 4) is 0 Å². The van der Waals surface area contributed by atoms with Crippen molar-refractivity contribution >= 4 is 29.0 Å². The molecule has 25 heavy (non-hydrogen) atoms. The van der Waals surface area contributed by atoms with Crippen LogP contribution in [0.2, 0.25) is 0 Å². The molecule has 1 aromatic carbocycles. The minimum Gasteiger partial charge on any atom is -0.444 e. The topological polar surface area (TPSA) is 67.4 Å². The summed E-state index contributed by atoms with van der Waals surface area (Å²) in [5.74, 6) is -0.312. The van der Waals surface area contributed by atoms with E-state index < -0.39 is 17.7 Å². The Morgan fingerprint density at radius 2 is 1.84 bits per heavy atom. The third-order valence-electron chi connectivity index (χ3n) is 3.57. The lowest BCUT2D eigenvalue weighted by atomic mass is 10.1. The van der Waals surface area contributed by atoms with Crippen LogP contribution in [0.5, 0.6) is 0 Å². The standard InChI is InChI=1S/C19H24N2O3S/c1-12-6-7-15(10-13(12)2)20-17(22)16(14-8-9-25-11-14)21-18(23)24-19(3,4)5/h6-11,16H,1-5H3,(H,20,22)(H,21,23). The van der Waals surface area contributed by atoms with Gasteiger partial charge in [-0.1, -0.05) is 6.07 Å². The van der Waals surface area contributed by atoms with Crippen LogP contribution in [-0.2, 0) is 9.53 Å². The highest BCUT2D eigenvalue weighted by Gasteiger charge is 2.26. The Hall–Kier alpha value is -2.34. The first-order chi connectivity index (χ1) is 11.7. The predicted molar refractivity (Wildman–Crippen MR) is 101 cm³/mol. The highest BCUT2D eigenvalue weighted by atomic mass is 32.1. The zero-order valence-corrected chi connectivity index (χ0v) is 16.0. The Kier molecular flexibility index (Phi) is 5.85. The number of hydrogen-bond donors (Lipinski definition) is 2. The van der Waals surface area contributed by atoms with E-state index in [-0.39, 0.29) is 5.91 Å². The van der Waals surface area contributed by atoms with Crippen molar-refractivity contribution in [2.24, 2.45) is 0 Å². The number of carbonyl (C=O) groups is 2. The lowest BCUT2D eigenvalue weighted by Gasteiger charge is -2.23. The zero-order valence-electron chi connectivity index (χ0n) is 15.2. The molecule has 0 saturated carbocycles. The number of carbonyl (C=O) groups excluding carboxylic acids is 2. The van der Waals surface area contributed by atoms with Crippen LogP contribution in [0, 0.1) is 13.8 Å². The monoisotopic (exact) mass is 360 g/mol. The molecular formula is C19H24N2O3S. The van der Waals surface area contributed by atoms with Crippen LogP contribution in [0.3, 0.4) is 0 Å². The van der Waals surface area contributed by atoms with E-state index in [1.54, 1.807) is 20.8 Å². The molecule has 1 atom stereocenters. The van der Waals surface area contributed by atoms with Crippen molar-refractivity contribution < 1.29 is 14.3 Å². The van der Waals surface area contributed by atoms with Gasteiger partial charge in [-0.25, -0.2) is 4.79 Å². The molecule has 2 amide bonds. The van der Waals surface area contributed by atoms with Crippen molar-refractivity contribution in [1.29, 1.82) is 0 Å². The molecule has 0 aliphatic rings. The van der Waals surface area contributed by atoms with Crippen molar-refractivity contribution in [3.63, 3.8) is 0 Å². The molecule has 2 aromatic rings. The summed E-state index contributed by atoms with van der Waals surface area (Å²) in [6.45, 7) is 9.34. The molecule has 0 radical (unpaired) electrons. The van der Waals surface area contributed by atoms with Gasteiger partial charge in [0.1, 0.15) is 11.6 Å². The number of amides is 2. The molecule has 1 aromatic heterocycles. The Labute approximate surface area is 152 Å². The number of alkyl carbamates (subject to hydrolysis) is 1. The average Bonchev–Trinajstić information content (AvgIpc) is 3.00. The van der Waals surface area contributed by atoms with Gasteiger partial charge in [0, 0.05) is 5.69 Å². The molecule has 0 aliphatic carbocycles. The lowest BCUT2D eigenvalue weighted by Crippen LogP contribution is -2.40. The van der Waals surface area contributed by atoms with E-state index in [1.807, 2.05) is 48.9 Å². The maximum Gasteiger partial charge on any atom is 0.408 e. The van der Waals surface area contributed by atoms with E-state index in [0.717, 1.165) is 16.7 Å². The molecule has 1 heterocycles. The first kappa shape index (κ1) is 19.0. The van der Waals surface area contributed by atoms with Gasteiger partial charge in [-0.3, -0.25) is 4.79 Å². The van der Waals surface area contributed by atoms with Crippen molar-refractivity contribution in [1.82, 2.24) is 5.32 Å². The largest absolute Gasteiger partial charge is 0.444 e. The highest BCUT2D eigenvalue weighted by Crippen LogP contribution is 2.21.